The van der Waals surface area contributed by atoms with Crippen LogP contribution in [0.1, 0.15) is 25.8 Å². The zero-order valence-electron chi connectivity index (χ0n) is 13.9. The fourth-order valence-corrected chi connectivity index (χ4v) is 2.64. The van der Waals surface area contributed by atoms with E-state index in [-0.39, 0.29) is 0 Å². The van der Waals surface area contributed by atoms with Crippen molar-refractivity contribution in [3.8, 4) is 11.1 Å². The van der Waals surface area contributed by atoms with Gasteiger partial charge in [-0.15, -0.1) is 0 Å². The first-order valence-corrected chi connectivity index (χ1v) is 7.96. The van der Waals surface area contributed by atoms with Gasteiger partial charge in [0.1, 0.15) is 5.60 Å². The number of hydrogen-bond acceptors (Lipinski definition) is 1. The Labute approximate surface area is 139 Å². The minimum absolute atomic E-state index is 0.606. The SMILES string of the molecule is C=C/C=C(C)/C=C/C(O)(CC)c1ccccc1-c1ccccc1. The molecule has 0 heterocycles. The molecule has 2 aromatic carbocycles. The summed E-state index contributed by atoms with van der Waals surface area (Å²) in [6, 6.07) is 18.2. The highest BCUT2D eigenvalue weighted by molar-refractivity contribution is 5.69. The van der Waals surface area contributed by atoms with Crippen molar-refractivity contribution < 1.29 is 5.11 Å². The summed E-state index contributed by atoms with van der Waals surface area (Å²) in [4.78, 5) is 0. The van der Waals surface area contributed by atoms with E-state index in [4.69, 9.17) is 0 Å². The molecule has 1 N–H and O–H groups in total. The molecular formula is C22H24O. The summed E-state index contributed by atoms with van der Waals surface area (Å²) in [5.74, 6) is 0. The minimum Gasteiger partial charge on any atom is -0.381 e. The lowest BCUT2D eigenvalue weighted by Gasteiger charge is -2.26. The molecule has 0 radical (unpaired) electrons. The van der Waals surface area contributed by atoms with Crippen molar-refractivity contribution in [3.05, 3.63) is 96.6 Å². The van der Waals surface area contributed by atoms with Crippen LogP contribution in [-0.2, 0) is 5.60 Å². The standard InChI is InChI=1S/C22H24O/c1-4-11-18(3)16-17-22(23,5-2)21-15-10-9-14-20(21)19-12-7-6-8-13-19/h4,6-17,23H,1,5H2,2-3H3/b17-16+,18-11+. The smallest absolute Gasteiger partial charge is 0.108 e. The quantitative estimate of drug-likeness (QED) is 0.685. The van der Waals surface area contributed by atoms with Crippen LogP contribution < -0.4 is 0 Å². The maximum absolute atomic E-state index is 11.2. The molecule has 1 unspecified atom stereocenters. The number of hydrogen-bond donors (Lipinski definition) is 1. The van der Waals surface area contributed by atoms with Crippen LogP contribution in [0, 0.1) is 0 Å². The van der Waals surface area contributed by atoms with Crippen LogP contribution >= 0.6 is 0 Å². The van der Waals surface area contributed by atoms with E-state index in [1.165, 1.54) is 0 Å². The van der Waals surface area contributed by atoms with E-state index < -0.39 is 5.60 Å². The normalized spacial score (nSPS) is 14.7. The first-order valence-electron chi connectivity index (χ1n) is 7.96. The lowest BCUT2D eigenvalue weighted by atomic mass is 9.84. The molecule has 0 amide bonds. The average Bonchev–Trinajstić information content (AvgIpc) is 2.61. The molecule has 0 spiro atoms. The first-order chi connectivity index (χ1) is 11.1. The van der Waals surface area contributed by atoms with E-state index in [1.807, 2.05) is 68.5 Å². The summed E-state index contributed by atoms with van der Waals surface area (Å²) in [7, 11) is 0. The largest absolute Gasteiger partial charge is 0.381 e. The lowest BCUT2D eigenvalue weighted by Crippen LogP contribution is -2.22. The van der Waals surface area contributed by atoms with Gasteiger partial charge >= 0.3 is 0 Å². The third-order valence-corrected chi connectivity index (χ3v) is 4.02. The van der Waals surface area contributed by atoms with Crippen LogP contribution in [0.4, 0.5) is 0 Å². The third kappa shape index (κ3) is 4.08. The summed E-state index contributed by atoms with van der Waals surface area (Å²) in [5.41, 5.74) is 3.16. The average molecular weight is 304 g/mol. The Morgan fingerprint density at radius 1 is 1.09 bits per heavy atom. The zero-order chi connectivity index (χ0) is 16.7. The highest BCUT2D eigenvalue weighted by Gasteiger charge is 2.26. The second-order valence-electron chi connectivity index (χ2n) is 5.67. The number of allylic oxidation sites excluding steroid dienone is 4. The van der Waals surface area contributed by atoms with Crippen molar-refractivity contribution in [1.29, 1.82) is 0 Å². The molecule has 0 aliphatic heterocycles. The zero-order valence-corrected chi connectivity index (χ0v) is 13.9. The van der Waals surface area contributed by atoms with Gasteiger partial charge in [0.2, 0.25) is 0 Å². The predicted molar refractivity (Wildman–Crippen MR) is 99.2 cm³/mol. The molecule has 0 bridgehead atoms. The van der Waals surface area contributed by atoms with Crippen LogP contribution in [0.25, 0.3) is 11.1 Å². The van der Waals surface area contributed by atoms with Crippen molar-refractivity contribution in [2.24, 2.45) is 0 Å². The van der Waals surface area contributed by atoms with Crippen LogP contribution in [0.15, 0.2) is 91.1 Å². The molecule has 23 heavy (non-hydrogen) atoms. The Bertz CT molecular complexity index is 710. The summed E-state index contributed by atoms with van der Waals surface area (Å²) >= 11 is 0. The Hall–Kier alpha value is -2.38. The molecule has 0 aliphatic carbocycles. The molecule has 118 valence electrons. The van der Waals surface area contributed by atoms with Gasteiger partial charge in [0.25, 0.3) is 0 Å². The number of benzene rings is 2. The fourth-order valence-electron chi connectivity index (χ4n) is 2.64. The Morgan fingerprint density at radius 2 is 1.74 bits per heavy atom. The maximum atomic E-state index is 11.2. The van der Waals surface area contributed by atoms with Crippen molar-refractivity contribution in [3.63, 3.8) is 0 Å². The van der Waals surface area contributed by atoms with Crippen molar-refractivity contribution >= 4 is 0 Å². The molecule has 0 saturated carbocycles. The van der Waals surface area contributed by atoms with E-state index in [0.717, 1.165) is 22.3 Å². The minimum atomic E-state index is -0.997. The topological polar surface area (TPSA) is 20.2 Å². The summed E-state index contributed by atoms with van der Waals surface area (Å²) in [5, 5.41) is 11.2. The van der Waals surface area contributed by atoms with Crippen molar-refractivity contribution in [1.82, 2.24) is 0 Å². The van der Waals surface area contributed by atoms with Gasteiger partial charge in [-0.3, -0.25) is 0 Å². The van der Waals surface area contributed by atoms with Gasteiger partial charge in [0, 0.05) is 0 Å². The Kier molecular flexibility index (Phi) is 5.72. The van der Waals surface area contributed by atoms with Crippen molar-refractivity contribution in [2.45, 2.75) is 25.9 Å². The Balaban J connectivity index is 2.50. The van der Waals surface area contributed by atoms with Crippen LogP contribution in [0.2, 0.25) is 0 Å². The molecule has 1 atom stereocenters. The van der Waals surface area contributed by atoms with Crippen LogP contribution in [0.5, 0.6) is 0 Å². The Morgan fingerprint density at radius 3 is 2.39 bits per heavy atom. The molecule has 2 aromatic rings. The summed E-state index contributed by atoms with van der Waals surface area (Å²) < 4.78 is 0. The monoisotopic (exact) mass is 304 g/mol. The molecule has 0 aliphatic rings. The summed E-state index contributed by atoms with van der Waals surface area (Å²) in [6.07, 6.45) is 8.12. The first kappa shape index (κ1) is 17.0. The fraction of sp³-hybridized carbons (Fsp3) is 0.182. The van der Waals surface area contributed by atoms with Gasteiger partial charge in [0.05, 0.1) is 0 Å². The number of rotatable bonds is 6. The van der Waals surface area contributed by atoms with Crippen LogP contribution in [-0.4, -0.2) is 5.11 Å². The van der Waals surface area contributed by atoms with Crippen molar-refractivity contribution in [2.75, 3.05) is 0 Å². The second-order valence-corrected chi connectivity index (χ2v) is 5.67. The lowest BCUT2D eigenvalue weighted by molar-refractivity contribution is 0.0857. The highest BCUT2D eigenvalue weighted by atomic mass is 16.3. The van der Waals surface area contributed by atoms with E-state index in [1.54, 1.807) is 6.08 Å². The van der Waals surface area contributed by atoms with E-state index in [0.29, 0.717) is 6.42 Å². The molecule has 0 aromatic heterocycles. The number of aliphatic hydroxyl groups is 1. The molecule has 1 heteroatoms. The molecule has 1 nitrogen and oxygen atoms in total. The van der Waals surface area contributed by atoms with E-state index in [9.17, 15) is 5.11 Å². The second kappa shape index (κ2) is 7.75. The van der Waals surface area contributed by atoms with E-state index in [2.05, 4.69) is 24.8 Å². The van der Waals surface area contributed by atoms with Gasteiger partial charge in [-0.25, -0.2) is 0 Å². The van der Waals surface area contributed by atoms with Gasteiger partial charge < -0.3 is 5.11 Å². The molecule has 0 saturated heterocycles. The maximum Gasteiger partial charge on any atom is 0.108 e. The molecular weight excluding hydrogens is 280 g/mol. The molecule has 0 fully saturated rings. The third-order valence-electron chi connectivity index (χ3n) is 4.02. The summed E-state index contributed by atoms with van der Waals surface area (Å²) in [6.45, 7) is 7.70. The van der Waals surface area contributed by atoms with Gasteiger partial charge in [0.15, 0.2) is 0 Å². The highest BCUT2D eigenvalue weighted by Crippen LogP contribution is 2.35. The van der Waals surface area contributed by atoms with Gasteiger partial charge in [-0.05, 0) is 36.1 Å². The van der Waals surface area contributed by atoms with E-state index >= 15 is 0 Å². The molecule has 2 rings (SSSR count). The van der Waals surface area contributed by atoms with Crippen LogP contribution in [0.3, 0.4) is 0 Å². The van der Waals surface area contributed by atoms with Gasteiger partial charge in [-0.2, -0.15) is 0 Å². The predicted octanol–water partition coefficient (Wildman–Crippen LogP) is 5.64. The van der Waals surface area contributed by atoms with Gasteiger partial charge in [-0.1, -0.05) is 91.9 Å².